The molecular weight excluding hydrogens is 284 g/mol. The fourth-order valence-corrected chi connectivity index (χ4v) is 1.91. The second kappa shape index (κ2) is 5.97. The Kier molecular flexibility index (Phi) is 4.11. The van der Waals surface area contributed by atoms with Gasteiger partial charge in [-0.05, 0) is 24.3 Å². The lowest BCUT2D eigenvalue weighted by atomic mass is 10.3. The van der Waals surface area contributed by atoms with E-state index in [4.69, 9.17) is 9.84 Å². The van der Waals surface area contributed by atoms with Crippen LogP contribution in [0.15, 0.2) is 24.3 Å². The Morgan fingerprint density at radius 2 is 1.95 bits per heavy atom. The number of aromatic nitrogens is 2. The van der Waals surface area contributed by atoms with E-state index in [0.717, 1.165) is 11.5 Å². The number of benzene rings is 1. The van der Waals surface area contributed by atoms with E-state index in [2.05, 4.69) is 20.2 Å². The molecule has 0 fully saturated rings. The van der Waals surface area contributed by atoms with Gasteiger partial charge in [0.05, 0.1) is 7.11 Å². The molecule has 0 saturated heterocycles. The van der Waals surface area contributed by atoms with Gasteiger partial charge in [-0.2, -0.15) is 0 Å². The van der Waals surface area contributed by atoms with Crippen molar-refractivity contribution in [3.63, 3.8) is 0 Å². The van der Waals surface area contributed by atoms with E-state index < -0.39 is 12.0 Å². The number of carbonyl (C=O) groups excluding carboxylic acids is 1. The minimum Gasteiger partial charge on any atom is -0.497 e. The van der Waals surface area contributed by atoms with Crippen molar-refractivity contribution < 1.29 is 19.4 Å². The first-order valence-corrected chi connectivity index (χ1v) is 6.15. The quantitative estimate of drug-likeness (QED) is 0.793. The first-order valence-electron chi connectivity index (χ1n) is 5.38. The summed E-state index contributed by atoms with van der Waals surface area (Å²) < 4.78 is 8.47. The Labute approximate surface area is 117 Å². The number of hydrogen-bond acceptors (Lipinski definition) is 6. The number of urea groups is 1. The average Bonchev–Trinajstić information content (AvgIpc) is 2.87. The van der Waals surface area contributed by atoms with Gasteiger partial charge in [0, 0.05) is 17.2 Å². The minimum atomic E-state index is -1.25. The highest BCUT2D eigenvalue weighted by molar-refractivity contribution is 7.10. The van der Waals surface area contributed by atoms with Crippen LogP contribution in [0.2, 0.25) is 0 Å². The van der Waals surface area contributed by atoms with Gasteiger partial charge in [0.25, 0.3) is 0 Å². The van der Waals surface area contributed by atoms with Crippen LogP contribution < -0.4 is 15.4 Å². The fourth-order valence-electron chi connectivity index (χ4n) is 1.35. The van der Waals surface area contributed by atoms with Gasteiger partial charge in [0.2, 0.25) is 5.69 Å². The number of methoxy groups -OCH3 is 1. The zero-order valence-electron chi connectivity index (χ0n) is 10.3. The van der Waals surface area contributed by atoms with Crippen molar-refractivity contribution in [2.24, 2.45) is 0 Å². The van der Waals surface area contributed by atoms with Crippen LogP contribution in [0.4, 0.5) is 15.5 Å². The van der Waals surface area contributed by atoms with Gasteiger partial charge in [-0.3, -0.25) is 5.32 Å². The second-order valence-electron chi connectivity index (χ2n) is 3.56. The highest BCUT2D eigenvalue weighted by Crippen LogP contribution is 2.19. The molecule has 2 rings (SSSR count). The molecule has 104 valence electrons. The number of carboxylic acids is 1. The number of carboxylic acid groups (broad SMARTS) is 1. The van der Waals surface area contributed by atoms with Gasteiger partial charge in [-0.25, -0.2) is 9.59 Å². The molecule has 0 saturated carbocycles. The summed E-state index contributed by atoms with van der Waals surface area (Å²) in [4.78, 5) is 22.5. The lowest BCUT2D eigenvalue weighted by Crippen LogP contribution is -2.20. The van der Waals surface area contributed by atoms with Gasteiger partial charge in [0.15, 0.2) is 5.00 Å². The van der Waals surface area contributed by atoms with Crippen LogP contribution in [0, 0.1) is 0 Å². The maximum absolute atomic E-state index is 11.7. The van der Waals surface area contributed by atoms with Crippen LogP contribution in [0.5, 0.6) is 5.75 Å². The maximum atomic E-state index is 11.7. The Morgan fingerprint density at radius 1 is 1.25 bits per heavy atom. The van der Waals surface area contributed by atoms with Crippen LogP contribution in [-0.4, -0.2) is 33.8 Å². The van der Waals surface area contributed by atoms with Crippen molar-refractivity contribution in [1.82, 2.24) is 9.59 Å². The number of amides is 2. The summed E-state index contributed by atoms with van der Waals surface area (Å²) in [5.74, 6) is -0.589. The highest BCUT2D eigenvalue weighted by atomic mass is 32.1. The van der Waals surface area contributed by atoms with Gasteiger partial charge < -0.3 is 15.2 Å². The minimum absolute atomic E-state index is 0.0727. The predicted octanol–water partition coefficient (Wildman–Crippen LogP) is 1.89. The van der Waals surface area contributed by atoms with E-state index in [1.54, 1.807) is 31.4 Å². The van der Waals surface area contributed by atoms with E-state index in [1.807, 2.05) is 0 Å². The standard InChI is InChI=1S/C11H10N4O4S/c1-19-7-4-2-6(3-5-7)12-11(18)13-9-8(10(16)17)14-15-20-9/h2-5H,1H3,(H,16,17)(H2,12,13,18). The number of nitrogens with one attached hydrogen (secondary N) is 2. The molecule has 9 heteroatoms. The Hall–Kier alpha value is -2.68. The van der Waals surface area contributed by atoms with E-state index in [9.17, 15) is 9.59 Å². The van der Waals surface area contributed by atoms with Crippen molar-refractivity contribution in [2.75, 3.05) is 17.7 Å². The molecule has 0 aliphatic carbocycles. The number of hydrogen-bond donors (Lipinski definition) is 3. The number of carbonyl (C=O) groups is 2. The third kappa shape index (κ3) is 3.20. The molecule has 2 aromatic rings. The molecule has 0 spiro atoms. The number of rotatable bonds is 4. The number of nitrogens with zero attached hydrogens (tertiary/aromatic N) is 2. The van der Waals surface area contributed by atoms with E-state index in [-0.39, 0.29) is 10.7 Å². The summed E-state index contributed by atoms with van der Waals surface area (Å²) in [7, 11) is 1.54. The molecule has 0 aliphatic heterocycles. The summed E-state index contributed by atoms with van der Waals surface area (Å²) in [6.45, 7) is 0. The molecule has 1 heterocycles. The predicted molar refractivity (Wildman–Crippen MR) is 72.5 cm³/mol. The van der Waals surface area contributed by atoms with E-state index in [0.29, 0.717) is 11.4 Å². The Morgan fingerprint density at radius 3 is 2.55 bits per heavy atom. The van der Waals surface area contributed by atoms with Crippen LogP contribution >= 0.6 is 11.5 Å². The maximum Gasteiger partial charge on any atom is 0.359 e. The molecule has 8 nitrogen and oxygen atoms in total. The largest absolute Gasteiger partial charge is 0.497 e. The molecule has 1 aromatic heterocycles. The summed E-state index contributed by atoms with van der Waals surface area (Å²) in [6.07, 6.45) is 0. The average molecular weight is 294 g/mol. The van der Waals surface area contributed by atoms with Gasteiger partial charge >= 0.3 is 12.0 Å². The lowest BCUT2D eigenvalue weighted by Gasteiger charge is -2.06. The molecule has 2 amide bonds. The molecule has 0 unspecified atom stereocenters. The summed E-state index contributed by atoms with van der Waals surface area (Å²) in [6, 6.07) is 6.10. The molecule has 20 heavy (non-hydrogen) atoms. The molecule has 1 aromatic carbocycles. The number of ether oxygens (including phenoxy) is 1. The van der Waals surface area contributed by atoms with Crippen molar-refractivity contribution in [3.05, 3.63) is 30.0 Å². The molecule has 0 bridgehead atoms. The second-order valence-corrected chi connectivity index (χ2v) is 4.32. The molecule has 0 atom stereocenters. The smallest absolute Gasteiger partial charge is 0.359 e. The molecule has 0 aliphatic rings. The molecule has 0 radical (unpaired) electrons. The summed E-state index contributed by atoms with van der Waals surface area (Å²) >= 11 is 0.789. The van der Waals surface area contributed by atoms with Crippen LogP contribution in [0.1, 0.15) is 10.5 Å². The van der Waals surface area contributed by atoms with Crippen molar-refractivity contribution >= 4 is 34.2 Å². The molecule has 3 N–H and O–H groups in total. The van der Waals surface area contributed by atoms with Crippen molar-refractivity contribution in [3.8, 4) is 5.75 Å². The van der Waals surface area contributed by atoms with Gasteiger partial charge in [0.1, 0.15) is 5.75 Å². The fraction of sp³-hybridized carbons (Fsp3) is 0.0909. The zero-order chi connectivity index (χ0) is 14.5. The monoisotopic (exact) mass is 294 g/mol. The number of aromatic carboxylic acids is 1. The SMILES string of the molecule is COc1ccc(NC(=O)Nc2snnc2C(=O)O)cc1. The Balaban J connectivity index is 2.01. The highest BCUT2D eigenvalue weighted by Gasteiger charge is 2.17. The first-order chi connectivity index (χ1) is 9.60. The van der Waals surface area contributed by atoms with E-state index in [1.165, 1.54) is 0 Å². The van der Waals surface area contributed by atoms with Crippen LogP contribution in [-0.2, 0) is 0 Å². The lowest BCUT2D eigenvalue weighted by molar-refractivity contribution is 0.0691. The summed E-state index contributed by atoms with van der Waals surface area (Å²) in [5, 5.41) is 17.2. The van der Waals surface area contributed by atoms with Gasteiger partial charge in [-0.15, -0.1) is 5.10 Å². The normalized spacial score (nSPS) is 9.85. The Bertz CT molecular complexity index is 626. The third-order valence-corrected chi connectivity index (χ3v) is 2.91. The van der Waals surface area contributed by atoms with Crippen molar-refractivity contribution in [2.45, 2.75) is 0 Å². The third-order valence-electron chi connectivity index (χ3n) is 2.27. The zero-order valence-corrected chi connectivity index (χ0v) is 11.1. The van der Waals surface area contributed by atoms with Crippen molar-refractivity contribution in [1.29, 1.82) is 0 Å². The van der Waals surface area contributed by atoms with Gasteiger partial charge in [-0.1, -0.05) is 4.49 Å². The van der Waals surface area contributed by atoms with Crippen LogP contribution in [0.25, 0.3) is 0 Å². The number of anilines is 2. The first kappa shape index (κ1) is 13.7. The van der Waals surface area contributed by atoms with Crippen LogP contribution in [0.3, 0.4) is 0 Å². The topological polar surface area (TPSA) is 113 Å². The summed E-state index contributed by atoms with van der Waals surface area (Å²) in [5.41, 5.74) is 0.248. The van der Waals surface area contributed by atoms with E-state index >= 15 is 0 Å². The molecular formula is C11H10N4O4S.